The van der Waals surface area contributed by atoms with Crippen LogP contribution in [-0.2, 0) is 0 Å². The zero-order valence-corrected chi connectivity index (χ0v) is 6.71. The molecule has 0 spiro atoms. The van der Waals surface area contributed by atoms with Gasteiger partial charge in [0.25, 0.3) is 0 Å². The van der Waals surface area contributed by atoms with Crippen molar-refractivity contribution in [3.63, 3.8) is 0 Å². The Bertz CT molecular complexity index is 22.8. The fraction of sp³-hybridized carbons (Fsp3) is 1.00. The number of alkyl halides is 2. The van der Waals surface area contributed by atoms with E-state index < -0.39 is 0 Å². The van der Waals surface area contributed by atoms with Crippen LogP contribution in [0.3, 0.4) is 0 Å². The minimum atomic E-state index is 0. The van der Waals surface area contributed by atoms with Crippen molar-refractivity contribution in [3.8, 4) is 0 Å². The summed E-state index contributed by atoms with van der Waals surface area (Å²) >= 11 is 6.58. The molecule has 0 fully saturated rings. The maximum Gasteiger partial charge on any atom is 0.0695 e. The summed E-state index contributed by atoms with van der Waals surface area (Å²) in [6, 6.07) is 0. The molecule has 0 saturated heterocycles. The van der Waals surface area contributed by atoms with E-state index in [2.05, 4.69) is 38.8 Å². The van der Waals surface area contributed by atoms with Crippen molar-refractivity contribution < 1.29 is 5.48 Å². The summed E-state index contributed by atoms with van der Waals surface area (Å²) in [6.45, 7) is 2.11. The standard InChI is InChI=1S/C3H6Br2.H2O/c1-2-3(4)5;/h3H,2H2,1H3;1H2. The molecule has 0 bridgehead atoms. The summed E-state index contributed by atoms with van der Waals surface area (Å²) in [4.78, 5) is 0. The first-order valence-corrected chi connectivity index (χ1v) is 3.38. The van der Waals surface area contributed by atoms with Gasteiger partial charge in [0.15, 0.2) is 0 Å². The Hall–Kier alpha value is 0.920. The predicted molar refractivity (Wildman–Crippen MR) is 35.5 cm³/mol. The Morgan fingerprint density at radius 1 is 1.50 bits per heavy atom. The van der Waals surface area contributed by atoms with Crippen LogP contribution in [-0.4, -0.2) is 9.21 Å². The van der Waals surface area contributed by atoms with Crippen molar-refractivity contribution in [2.45, 2.75) is 17.1 Å². The molecule has 0 aromatic carbocycles. The smallest absolute Gasteiger partial charge is 0.0695 e. The highest BCUT2D eigenvalue weighted by atomic mass is 79.9. The minimum Gasteiger partial charge on any atom is -0.412 e. The van der Waals surface area contributed by atoms with Crippen LogP contribution in [0.15, 0.2) is 0 Å². The summed E-state index contributed by atoms with van der Waals surface area (Å²) < 4.78 is 0.509. The van der Waals surface area contributed by atoms with Crippen molar-refractivity contribution in [2.24, 2.45) is 0 Å². The number of rotatable bonds is 1. The molecule has 0 atom stereocenters. The van der Waals surface area contributed by atoms with Gasteiger partial charge >= 0.3 is 0 Å². The highest BCUT2D eigenvalue weighted by Crippen LogP contribution is 2.10. The highest BCUT2D eigenvalue weighted by molar-refractivity contribution is 9.24. The summed E-state index contributed by atoms with van der Waals surface area (Å²) in [6.07, 6.45) is 1.14. The van der Waals surface area contributed by atoms with Crippen LogP contribution >= 0.6 is 31.9 Å². The van der Waals surface area contributed by atoms with Gasteiger partial charge in [-0.15, -0.1) is 0 Å². The molecule has 3 heteroatoms. The van der Waals surface area contributed by atoms with E-state index in [1.807, 2.05) is 0 Å². The fourth-order valence-corrected chi connectivity index (χ4v) is 0. The van der Waals surface area contributed by atoms with E-state index in [4.69, 9.17) is 0 Å². The molecule has 0 saturated carbocycles. The summed E-state index contributed by atoms with van der Waals surface area (Å²) in [5, 5.41) is 0. The van der Waals surface area contributed by atoms with Gasteiger partial charge in [-0.1, -0.05) is 38.8 Å². The van der Waals surface area contributed by atoms with Gasteiger partial charge in [0.2, 0.25) is 0 Å². The maximum atomic E-state index is 3.29. The monoisotopic (exact) mass is 218 g/mol. The second-order valence-electron chi connectivity index (χ2n) is 0.799. The van der Waals surface area contributed by atoms with E-state index >= 15 is 0 Å². The molecule has 0 heterocycles. The molecule has 1 nitrogen and oxygen atoms in total. The molecular weight excluding hydrogens is 212 g/mol. The van der Waals surface area contributed by atoms with Crippen molar-refractivity contribution >= 4 is 31.9 Å². The Morgan fingerprint density at radius 2 is 1.67 bits per heavy atom. The molecule has 2 N–H and O–H groups in total. The van der Waals surface area contributed by atoms with Crippen molar-refractivity contribution in [2.75, 3.05) is 0 Å². The normalized spacial score (nSPS) is 8.00. The lowest BCUT2D eigenvalue weighted by Crippen LogP contribution is -1.73. The van der Waals surface area contributed by atoms with E-state index in [9.17, 15) is 0 Å². The highest BCUT2D eigenvalue weighted by Gasteiger charge is 1.85. The molecule has 0 unspecified atom stereocenters. The predicted octanol–water partition coefficient (Wildman–Crippen LogP) is 1.69. The van der Waals surface area contributed by atoms with Crippen molar-refractivity contribution in [1.29, 1.82) is 0 Å². The second kappa shape index (κ2) is 5.92. The molecule has 0 aromatic heterocycles. The summed E-state index contributed by atoms with van der Waals surface area (Å²) in [5.74, 6) is 0. The Balaban J connectivity index is 0. The van der Waals surface area contributed by atoms with Crippen LogP contribution in [0.1, 0.15) is 13.3 Å². The Kier molecular flexibility index (Phi) is 9.89. The lowest BCUT2D eigenvalue weighted by atomic mass is 10.6. The van der Waals surface area contributed by atoms with Gasteiger partial charge in [0.1, 0.15) is 0 Å². The Labute approximate surface area is 54.7 Å². The maximum absolute atomic E-state index is 3.29. The van der Waals surface area contributed by atoms with Crippen LogP contribution in [0.2, 0.25) is 0 Å². The molecule has 40 valence electrons. The number of hydrogen-bond acceptors (Lipinski definition) is 0. The quantitative estimate of drug-likeness (QED) is 0.602. The van der Waals surface area contributed by atoms with E-state index in [-0.39, 0.29) is 5.48 Å². The summed E-state index contributed by atoms with van der Waals surface area (Å²) in [5.41, 5.74) is 0. The zero-order chi connectivity index (χ0) is 4.28. The fourth-order valence-electron chi connectivity index (χ4n) is 0. The van der Waals surface area contributed by atoms with E-state index in [0.717, 1.165) is 6.42 Å². The van der Waals surface area contributed by atoms with Gasteiger partial charge in [-0.05, 0) is 6.42 Å². The van der Waals surface area contributed by atoms with E-state index in [1.54, 1.807) is 0 Å². The second-order valence-corrected chi connectivity index (χ2v) is 4.24. The minimum absolute atomic E-state index is 0. The molecule has 0 radical (unpaired) electrons. The average molecular weight is 220 g/mol. The summed E-state index contributed by atoms with van der Waals surface area (Å²) in [7, 11) is 0. The van der Waals surface area contributed by atoms with Crippen LogP contribution in [0.4, 0.5) is 0 Å². The third-order valence-corrected chi connectivity index (χ3v) is 1.60. The van der Waals surface area contributed by atoms with Crippen molar-refractivity contribution in [1.82, 2.24) is 0 Å². The topological polar surface area (TPSA) is 31.5 Å². The first-order chi connectivity index (χ1) is 2.27. The van der Waals surface area contributed by atoms with Gasteiger partial charge in [-0.2, -0.15) is 0 Å². The SMILES string of the molecule is CCC(Br)Br.O. The molecule has 0 aliphatic rings. The first-order valence-electron chi connectivity index (χ1n) is 1.55. The Morgan fingerprint density at radius 3 is 1.67 bits per heavy atom. The van der Waals surface area contributed by atoms with Crippen LogP contribution in [0.25, 0.3) is 0 Å². The average Bonchev–Trinajstić information content (AvgIpc) is 1.38. The van der Waals surface area contributed by atoms with Gasteiger partial charge in [0, 0.05) is 0 Å². The largest absolute Gasteiger partial charge is 0.412 e. The molecule has 0 amide bonds. The van der Waals surface area contributed by atoms with Crippen molar-refractivity contribution in [3.05, 3.63) is 0 Å². The number of hydrogen-bond donors (Lipinski definition) is 0. The van der Waals surface area contributed by atoms with Gasteiger partial charge in [-0.3, -0.25) is 0 Å². The molecular formula is C3H8Br2O. The third-order valence-electron chi connectivity index (χ3n) is 0.309. The zero-order valence-electron chi connectivity index (χ0n) is 3.54. The molecule has 6 heavy (non-hydrogen) atoms. The molecule has 0 aromatic rings. The first kappa shape index (κ1) is 10.0. The molecule has 0 aliphatic carbocycles. The van der Waals surface area contributed by atoms with Gasteiger partial charge in [0.05, 0.1) is 3.74 Å². The van der Waals surface area contributed by atoms with Crippen LogP contribution in [0, 0.1) is 0 Å². The third kappa shape index (κ3) is 8.87. The van der Waals surface area contributed by atoms with Crippen LogP contribution < -0.4 is 0 Å². The lowest BCUT2D eigenvalue weighted by molar-refractivity contribution is 0.824. The van der Waals surface area contributed by atoms with E-state index in [1.165, 1.54) is 0 Å². The van der Waals surface area contributed by atoms with Crippen LogP contribution in [0.5, 0.6) is 0 Å². The molecule has 0 rings (SSSR count). The molecule has 0 aliphatic heterocycles. The number of halogens is 2. The lowest BCUT2D eigenvalue weighted by Gasteiger charge is -1.85. The van der Waals surface area contributed by atoms with E-state index in [0.29, 0.717) is 3.74 Å². The van der Waals surface area contributed by atoms with Gasteiger partial charge in [-0.25, -0.2) is 0 Å². The van der Waals surface area contributed by atoms with Gasteiger partial charge < -0.3 is 5.48 Å².